The minimum Gasteiger partial charge on any atom is -0.433 e. The van der Waals surface area contributed by atoms with E-state index in [1.54, 1.807) is 6.92 Å². The Kier molecular flexibility index (Phi) is 1.24. The zero-order chi connectivity index (χ0) is 7.07. The van der Waals surface area contributed by atoms with E-state index in [4.69, 9.17) is 0 Å². The number of rotatable bonds is 0. The lowest BCUT2D eigenvalue weighted by Gasteiger charge is -2.18. The van der Waals surface area contributed by atoms with Crippen molar-refractivity contribution in [3.63, 3.8) is 0 Å². The van der Waals surface area contributed by atoms with Crippen LogP contribution in [0, 0.1) is 5.92 Å². The van der Waals surface area contributed by atoms with E-state index in [9.17, 15) is 9.90 Å². The molecule has 1 aliphatic heterocycles. The highest BCUT2D eigenvalue weighted by molar-refractivity contribution is 5.72. The van der Waals surface area contributed by atoms with Gasteiger partial charge in [-0.2, -0.15) is 0 Å². The summed E-state index contributed by atoms with van der Waals surface area (Å²) < 4.78 is 4.58. The second-order valence-corrected chi connectivity index (χ2v) is 2.63. The van der Waals surface area contributed by atoms with Gasteiger partial charge in [-0.3, -0.25) is 4.79 Å². The van der Waals surface area contributed by atoms with E-state index in [1.807, 2.05) is 0 Å². The third kappa shape index (κ3) is 1.05. The molecular weight excluding hydrogens is 120 g/mol. The van der Waals surface area contributed by atoms with Crippen molar-refractivity contribution in [1.82, 2.24) is 0 Å². The fourth-order valence-corrected chi connectivity index (χ4v) is 0.812. The molecule has 0 saturated carbocycles. The zero-order valence-corrected chi connectivity index (χ0v) is 5.55. The molecule has 1 aliphatic rings. The third-order valence-corrected chi connectivity index (χ3v) is 1.71. The number of esters is 1. The van der Waals surface area contributed by atoms with Crippen LogP contribution in [0.15, 0.2) is 0 Å². The Labute approximate surface area is 53.6 Å². The van der Waals surface area contributed by atoms with E-state index in [1.165, 1.54) is 6.92 Å². The van der Waals surface area contributed by atoms with Gasteiger partial charge in [0.05, 0.1) is 6.42 Å². The summed E-state index contributed by atoms with van der Waals surface area (Å²) >= 11 is 0. The molecule has 0 aromatic heterocycles. The largest absolute Gasteiger partial charge is 0.433 e. The first-order valence-corrected chi connectivity index (χ1v) is 2.96. The number of carbonyl (C=O) groups is 1. The molecule has 0 unspecified atom stereocenters. The van der Waals surface area contributed by atoms with Crippen molar-refractivity contribution in [3.05, 3.63) is 0 Å². The fourth-order valence-electron chi connectivity index (χ4n) is 0.812. The summed E-state index contributed by atoms with van der Waals surface area (Å²) in [6.07, 6.45) is 0.326. The highest BCUT2D eigenvalue weighted by atomic mass is 16.7. The molecule has 1 fully saturated rings. The van der Waals surface area contributed by atoms with Crippen molar-refractivity contribution < 1.29 is 14.6 Å². The number of ether oxygens (including phenoxy) is 1. The van der Waals surface area contributed by atoms with Gasteiger partial charge in [-0.25, -0.2) is 0 Å². The number of hydrogen-bond acceptors (Lipinski definition) is 3. The molecule has 0 bridgehead atoms. The van der Waals surface area contributed by atoms with Gasteiger partial charge in [0, 0.05) is 12.8 Å². The lowest BCUT2D eigenvalue weighted by Crippen LogP contribution is -2.29. The summed E-state index contributed by atoms with van der Waals surface area (Å²) in [5, 5.41) is 9.19. The van der Waals surface area contributed by atoms with Crippen LogP contribution in [0.4, 0.5) is 0 Å². The summed E-state index contributed by atoms with van der Waals surface area (Å²) in [6, 6.07) is 0. The van der Waals surface area contributed by atoms with Gasteiger partial charge in [-0.1, -0.05) is 6.92 Å². The number of aliphatic hydroxyl groups is 1. The van der Waals surface area contributed by atoms with Crippen LogP contribution in [0.2, 0.25) is 0 Å². The van der Waals surface area contributed by atoms with E-state index in [-0.39, 0.29) is 11.9 Å². The third-order valence-electron chi connectivity index (χ3n) is 1.71. The summed E-state index contributed by atoms with van der Waals surface area (Å²) in [6.45, 7) is 3.29. The smallest absolute Gasteiger partial charge is 0.308 e. The molecule has 3 heteroatoms. The maximum Gasteiger partial charge on any atom is 0.308 e. The van der Waals surface area contributed by atoms with E-state index in [0.717, 1.165) is 0 Å². The van der Waals surface area contributed by atoms with Crippen LogP contribution in [-0.2, 0) is 9.53 Å². The number of carbonyl (C=O) groups excluding carboxylic acids is 1. The SMILES string of the molecule is C[C@H]1CC(=O)O[C@]1(C)O. The van der Waals surface area contributed by atoms with Crippen LogP contribution < -0.4 is 0 Å². The minimum atomic E-state index is -1.23. The average Bonchev–Trinajstić information content (AvgIpc) is 1.79. The van der Waals surface area contributed by atoms with Gasteiger partial charge in [0.15, 0.2) is 0 Å². The normalized spacial score (nSPS) is 43.0. The Hall–Kier alpha value is -0.570. The maximum atomic E-state index is 10.5. The Morgan fingerprint density at radius 1 is 1.89 bits per heavy atom. The predicted molar refractivity (Wildman–Crippen MR) is 30.5 cm³/mol. The first-order chi connectivity index (χ1) is 4.02. The van der Waals surface area contributed by atoms with E-state index >= 15 is 0 Å². The van der Waals surface area contributed by atoms with E-state index < -0.39 is 5.79 Å². The molecule has 0 amide bonds. The van der Waals surface area contributed by atoms with Crippen molar-refractivity contribution in [2.24, 2.45) is 5.92 Å². The van der Waals surface area contributed by atoms with Crippen molar-refractivity contribution in [2.45, 2.75) is 26.1 Å². The molecule has 9 heavy (non-hydrogen) atoms. The Balaban J connectivity index is 2.69. The highest BCUT2D eigenvalue weighted by Crippen LogP contribution is 2.29. The number of hydrogen-bond donors (Lipinski definition) is 1. The van der Waals surface area contributed by atoms with Crippen LogP contribution in [0.25, 0.3) is 0 Å². The fraction of sp³-hybridized carbons (Fsp3) is 0.833. The van der Waals surface area contributed by atoms with Crippen molar-refractivity contribution in [3.8, 4) is 0 Å². The molecule has 0 spiro atoms. The van der Waals surface area contributed by atoms with Gasteiger partial charge in [-0.05, 0) is 0 Å². The van der Waals surface area contributed by atoms with Gasteiger partial charge in [0.1, 0.15) is 0 Å². The second-order valence-electron chi connectivity index (χ2n) is 2.63. The van der Waals surface area contributed by atoms with Crippen LogP contribution >= 0.6 is 0 Å². The van der Waals surface area contributed by atoms with Crippen LogP contribution in [0.5, 0.6) is 0 Å². The lowest BCUT2D eigenvalue weighted by atomic mass is 10.0. The summed E-state index contributed by atoms with van der Waals surface area (Å²) in [5.41, 5.74) is 0. The second kappa shape index (κ2) is 1.70. The lowest BCUT2D eigenvalue weighted by molar-refractivity contribution is -0.190. The first-order valence-electron chi connectivity index (χ1n) is 2.96. The number of cyclic esters (lactones) is 1. The molecule has 0 radical (unpaired) electrons. The van der Waals surface area contributed by atoms with E-state index in [2.05, 4.69) is 4.74 Å². The average molecular weight is 130 g/mol. The molecule has 2 atom stereocenters. The van der Waals surface area contributed by atoms with Crippen LogP contribution in [-0.4, -0.2) is 16.9 Å². The van der Waals surface area contributed by atoms with Gasteiger partial charge in [0.25, 0.3) is 0 Å². The summed E-state index contributed by atoms with van der Waals surface area (Å²) in [5.74, 6) is -1.62. The quantitative estimate of drug-likeness (QED) is 0.479. The van der Waals surface area contributed by atoms with Crippen molar-refractivity contribution in [1.29, 1.82) is 0 Å². The molecule has 3 nitrogen and oxygen atoms in total. The van der Waals surface area contributed by atoms with E-state index in [0.29, 0.717) is 6.42 Å². The predicted octanol–water partition coefficient (Wildman–Crippen LogP) is 0.278. The molecule has 1 saturated heterocycles. The summed E-state index contributed by atoms with van der Waals surface area (Å²) in [7, 11) is 0. The molecule has 0 aromatic carbocycles. The Bertz CT molecular complexity index is 139. The van der Waals surface area contributed by atoms with Crippen LogP contribution in [0.3, 0.4) is 0 Å². The van der Waals surface area contributed by atoms with Gasteiger partial charge in [-0.15, -0.1) is 0 Å². The van der Waals surface area contributed by atoms with Gasteiger partial charge >= 0.3 is 5.97 Å². The Morgan fingerprint density at radius 3 is 2.56 bits per heavy atom. The monoisotopic (exact) mass is 130 g/mol. The zero-order valence-electron chi connectivity index (χ0n) is 5.55. The standard InChI is InChI=1S/C6H10O3/c1-4-3-5(7)9-6(4,2)8/h4,8H,3H2,1-2H3/t4-,6-/m0/s1. The highest BCUT2D eigenvalue weighted by Gasteiger charge is 2.40. The topological polar surface area (TPSA) is 46.5 Å². The minimum absolute atomic E-state index is 0.0787. The van der Waals surface area contributed by atoms with Crippen molar-refractivity contribution in [2.75, 3.05) is 0 Å². The maximum absolute atomic E-state index is 10.5. The van der Waals surface area contributed by atoms with Crippen molar-refractivity contribution >= 4 is 5.97 Å². The summed E-state index contributed by atoms with van der Waals surface area (Å²) in [4.78, 5) is 10.5. The van der Waals surface area contributed by atoms with Crippen LogP contribution in [0.1, 0.15) is 20.3 Å². The molecule has 52 valence electrons. The van der Waals surface area contributed by atoms with Gasteiger partial charge < -0.3 is 9.84 Å². The molecule has 1 N–H and O–H groups in total. The Morgan fingerprint density at radius 2 is 2.44 bits per heavy atom. The molecule has 1 heterocycles. The molecular formula is C6H10O3. The van der Waals surface area contributed by atoms with Gasteiger partial charge in [0.2, 0.25) is 5.79 Å². The molecule has 0 aromatic rings. The molecule has 1 rings (SSSR count). The molecule has 0 aliphatic carbocycles. The first kappa shape index (κ1) is 6.55.